The number of esters is 1. The summed E-state index contributed by atoms with van der Waals surface area (Å²) >= 11 is 0. The Morgan fingerprint density at radius 1 is 1.04 bits per heavy atom. The van der Waals surface area contributed by atoms with Gasteiger partial charge in [0.15, 0.2) is 6.61 Å². The van der Waals surface area contributed by atoms with E-state index < -0.39 is 40.9 Å². The lowest BCUT2D eigenvalue weighted by molar-refractivity contribution is -0.146. The molecule has 0 saturated heterocycles. The van der Waals surface area contributed by atoms with Crippen molar-refractivity contribution < 1.29 is 31.9 Å². The maximum absolute atomic E-state index is 12.8. The lowest BCUT2D eigenvalue weighted by atomic mass is 10.3. The van der Waals surface area contributed by atoms with Crippen molar-refractivity contribution in [2.75, 3.05) is 25.6 Å². The minimum atomic E-state index is -4.00. The largest absolute Gasteiger partial charge is 0.497 e. The fourth-order valence-electron chi connectivity index (χ4n) is 1.92. The number of methoxy groups -OCH3 is 1. The topological polar surface area (TPSA) is 111 Å². The van der Waals surface area contributed by atoms with Crippen LogP contribution in [0.1, 0.15) is 0 Å². The molecule has 0 atom stereocenters. The van der Waals surface area contributed by atoms with Gasteiger partial charge in [-0.15, -0.1) is 0 Å². The summed E-state index contributed by atoms with van der Waals surface area (Å²) in [5.41, 5.74) is 0.480. The minimum Gasteiger partial charge on any atom is -0.497 e. The van der Waals surface area contributed by atoms with Crippen molar-refractivity contribution in [1.29, 1.82) is 0 Å². The number of halogens is 1. The number of nitrogens with one attached hydrogen (secondary N) is 2. The first kappa shape index (κ1) is 20.3. The van der Waals surface area contributed by atoms with E-state index in [1.54, 1.807) is 24.3 Å². The Morgan fingerprint density at radius 2 is 1.67 bits per heavy atom. The van der Waals surface area contributed by atoms with E-state index in [2.05, 4.69) is 5.32 Å². The molecule has 0 aromatic heterocycles. The van der Waals surface area contributed by atoms with Crippen LogP contribution < -0.4 is 14.8 Å². The van der Waals surface area contributed by atoms with Gasteiger partial charge < -0.3 is 14.8 Å². The molecule has 2 aromatic carbocycles. The molecule has 0 heterocycles. The zero-order valence-electron chi connectivity index (χ0n) is 14.3. The molecule has 144 valence electrons. The predicted octanol–water partition coefficient (Wildman–Crippen LogP) is 1.29. The molecule has 0 aliphatic carbocycles. The van der Waals surface area contributed by atoms with Gasteiger partial charge in [0.2, 0.25) is 10.0 Å². The SMILES string of the molecule is COc1ccc(NC(=O)COC(=O)CNS(=O)(=O)c2ccc(F)cc2)cc1. The van der Waals surface area contributed by atoms with E-state index in [9.17, 15) is 22.4 Å². The maximum atomic E-state index is 12.8. The Morgan fingerprint density at radius 3 is 2.26 bits per heavy atom. The van der Waals surface area contributed by atoms with Gasteiger partial charge >= 0.3 is 5.97 Å². The molecule has 10 heteroatoms. The fourth-order valence-corrected chi connectivity index (χ4v) is 2.89. The number of carbonyl (C=O) groups is 2. The van der Waals surface area contributed by atoms with Gasteiger partial charge in [-0.2, -0.15) is 4.72 Å². The predicted molar refractivity (Wildman–Crippen MR) is 94.2 cm³/mol. The summed E-state index contributed by atoms with van der Waals surface area (Å²) in [6.07, 6.45) is 0. The maximum Gasteiger partial charge on any atom is 0.321 e. The lowest BCUT2D eigenvalue weighted by Gasteiger charge is -2.08. The highest BCUT2D eigenvalue weighted by atomic mass is 32.2. The Kier molecular flexibility index (Phi) is 6.85. The molecule has 0 saturated carbocycles. The number of hydrogen-bond acceptors (Lipinski definition) is 6. The monoisotopic (exact) mass is 396 g/mol. The molecule has 0 bridgehead atoms. The van der Waals surface area contributed by atoms with Gasteiger partial charge in [-0.1, -0.05) is 0 Å². The van der Waals surface area contributed by atoms with Crippen LogP contribution in [0.5, 0.6) is 5.75 Å². The Hall–Kier alpha value is -2.98. The number of anilines is 1. The molecule has 0 spiro atoms. The van der Waals surface area contributed by atoms with E-state index in [0.29, 0.717) is 11.4 Å². The van der Waals surface area contributed by atoms with Crippen LogP contribution in [-0.2, 0) is 24.3 Å². The second-order valence-electron chi connectivity index (χ2n) is 5.22. The number of rotatable bonds is 8. The summed E-state index contributed by atoms with van der Waals surface area (Å²) in [5.74, 6) is -1.50. The smallest absolute Gasteiger partial charge is 0.321 e. The van der Waals surface area contributed by atoms with Gasteiger partial charge in [-0.3, -0.25) is 9.59 Å². The summed E-state index contributed by atoms with van der Waals surface area (Å²) in [6.45, 7) is -1.25. The van der Waals surface area contributed by atoms with Crippen molar-refractivity contribution in [1.82, 2.24) is 4.72 Å². The van der Waals surface area contributed by atoms with E-state index in [1.807, 2.05) is 4.72 Å². The Labute approximate surface area is 155 Å². The van der Waals surface area contributed by atoms with Crippen LogP contribution >= 0.6 is 0 Å². The number of amides is 1. The quantitative estimate of drug-likeness (QED) is 0.651. The van der Waals surface area contributed by atoms with Gasteiger partial charge in [0, 0.05) is 5.69 Å². The third kappa shape index (κ3) is 6.35. The van der Waals surface area contributed by atoms with Gasteiger partial charge in [-0.25, -0.2) is 12.8 Å². The van der Waals surface area contributed by atoms with Crippen LogP contribution in [0.2, 0.25) is 0 Å². The molecule has 0 aliphatic heterocycles. The molecule has 2 aromatic rings. The van der Waals surface area contributed by atoms with Crippen LogP contribution in [-0.4, -0.2) is 40.6 Å². The lowest BCUT2D eigenvalue weighted by Crippen LogP contribution is -2.32. The second-order valence-corrected chi connectivity index (χ2v) is 6.98. The molecule has 0 fully saturated rings. The zero-order chi connectivity index (χ0) is 19.9. The Bertz CT molecular complexity index is 898. The number of benzene rings is 2. The minimum absolute atomic E-state index is 0.200. The third-order valence-corrected chi connectivity index (χ3v) is 4.69. The second kappa shape index (κ2) is 9.10. The average Bonchev–Trinajstić information content (AvgIpc) is 2.66. The van der Waals surface area contributed by atoms with Crippen LogP contribution in [0.4, 0.5) is 10.1 Å². The van der Waals surface area contributed by atoms with Gasteiger partial charge in [0.05, 0.1) is 12.0 Å². The summed E-state index contributed by atoms with van der Waals surface area (Å²) in [6, 6.07) is 10.6. The molecule has 0 radical (unpaired) electrons. The molecule has 1 amide bonds. The first-order chi connectivity index (χ1) is 12.8. The van der Waals surface area contributed by atoms with E-state index in [1.165, 1.54) is 7.11 Å². The van der Waals surface area contributed by atoms with E-state index in [-0.39, 0.29) is 4.90 Å². The average molecular weight is 396 g/mol. The first-order valence-electron chi connectivity index (χ1n) is 7.65. The molecule has 0 aliphatic rings. The van der Waals surface area contributed by atoms with Crippen molar-refractivity contribution in [2.45, 2.75) is 4.90 Å². The molecular formula is C17H17FN2O6S. The van der Waals surface area contributed by atoms with Crippen LogP contribution in [0.3, 0.4) is 0 Å². The summed E-state index contributed by atoms with van der Waals surface area (Å²) in [4.78, 5) is 23.1. The summed E-state index contributed by atoms with van der Waals surface area (Å²) in [7, 11) is -2.48. The molecular weight excluding hydrogens is 379 g/mol. The van der Waals surface area contributed by atoms with E-state index >= 15 is 0 Å². The fraction of sp³-hybridized carbons (Fsp3) is 0.176. The van der Waals surface area contributed by atoms with Crippen molar-refractivity contribution in [3.63, 3.8) is 0 Å². The van der Waals surface area contributed by atoms with Crippen molar-refractivity contribution in [3.8, 4) is 5.75 Å². The highest BCUT2D eigenvalue weighted by Crippen LogP contribution is 2.14. The molecule has 27 heavy (non-hydrogen) atoms. The number of carbonyl (C=O) groups excluding carboxylic acids is 2. The number of sulfonamides is 1. The van der Waals surface area contributed by atoms with Crippen molar-refractivity contribution >= 4 is 27.6 Å². The molecule has 8 nitrogen and oxygen atoms in total. The van der Waals surface area contributed by atoms with Crippen LogP contribution in [0, 0.1) is 5.82 Å². The first-order valence-corrected chi connectivity index (χ1v) is 9.13. The Balaban J connectivity index is 1.78. The van der Waals surface area contributed by atoms with E-state index in [0.717, 1.165) is 24.3 Å². The zero-order valence-corrected chi connectivity index (χ0v) is 15.1. The van der Waals surface area contributed by atoms with Gasteiger partial charge in [0.1, 0.15) is 18.1 Å². The summed E-state index contributed by atoms with van der Waals surface area (Å²) in [5, 5.41) is 2.51. The highest BCUT2D eigenvalue weighted by molar-refractivity contribution is 7.89. The van der Waals surface area contributed by atoms with E-state index in [4.69, 9.17) is 9.47 Å². The van der Waals surface area contributed by atoms with Gasteiger partial charge in [0.25, 0.3) is 5.91 Å². The normalized spacial score (nSPS) is 10.9. The highest BCUT2D eigenvalue weighted by Gasteiger charge is 2.16. The van der Waals surface area contributed by atoms with Crippen LogP contribution in [0.25, 0.3) is 0 Å². The molecule has 0 unspecified atom stereocenters. The van der Waals surface area contributed by atoms with Crippen molar-refractivity contribution in [3.05, 3.63) is 54.3 Å². The molecule has 2 N–H and O–H groups in total. The number of ether oxygens (including phenoxy) is 2. The van der Waals surface area contributed by atoms with Crippen LogP contribution in [0.15, 0.2) is 53.4 Å². The third-order valence-electron chi connectivity index (χ3n) is 3.27. The number of hydrogen-bond donors (Lipinski definition) is 2. The van der Waals surface area contributed by atoms with Gasteiger partial charge in [-0.05, 0) is 48.5 Å². The van der Waals surface area contributed by atoms with Crippen molar-refractivity contribution in [2.24, 2.45) is 0 Å². The summed E-state index contributed by atoms with van der Waals surface area (Å²) < 4.78 is 48.4. The standard InChI is InChI=1S/C17H17FN2O6S/c1-25-14-6-4-13(5-7-14)20-16(21)11-26-17(22)10-19-27(23,24)15-8-2-12(18)3-9-15/h2-9,19H,10-11H2,1H3,(H,20,21). The molecule has 2 rings (SSSR count).